The van der Waals surface area contributed by atoms with Crippen LogP contribution in [0.3, 0.4) is 0 Å². The Kier molecular flexibility index (Phi) is 34.5. The number of nitriles is 6. The predicted octanol–water partition coefficient (Wildman–Crippen LogP) is 24.6. The van der Waals surface area contributed by atoms with Gasteiger partial charge in [0.15, 0.2) is 34.5 Å². The molecule has 1 aliphatic rings. The number of ether oxygens (including phenoxy) is 12. The molecule has 726 valence electrons. The highest BCUT2D eigenvalue weighted by atomic mass is 16.6. The third kappa shape index (κ3) is 28.6. The van der Waals surface area contributed by atoms with Gasteiger partial charge < -0.3 is 56.8 Å². The summed E-state index contributed by atoms with van der Waals surface area (Å²) >= 11 is 0. The normalized spacial score (nSPS) is 11.0. The zero-order valence-corrected chi connectivity index (χ0v) is 80.1. The van der Waals surface area contributed by atoms with Gasteiger partial charge >= 0.3 is 35.8 Å². The van der Waals surface area contributed by atoms with Gasteiger partial charge in [0, 0.05) is 38.5 Å². The standard InChI is InChI=1S/C123H96N6O18/c124-76-82-13-25-88(26-14-82)94-37-49-106(50-38-94)136-61-1-7-118(130)142-112-70-100-67-102-72-114(144-120(132)9-3-63-138-108-53-41-96(42-54-108)90-29-17-84(78-126)18-30-90)116(146-122(134)11-5-65-140-110-57-45-98(46-58-110)92-33-21-86(80-128)22-34-92)74-104(102)69-105-75-117(147-123(135)12-6-66-141-111-59-47-99(48-60-111)93-35-23-87(81-129)24-36-93)115(145-121(133)10-4-64-139-109-55-43-97(44-56-109)91-31-19-85(79-127)20-32-91)73-103(105)68-101(100)71-113(112)143-119(131)8-2-62-137-107-51-39-95(40-52-107)89-27-15-83(77-125)16-28-89/h13-60,70-75H,1-12,61-69H2. The molecule has 0 radical (unpaired) electrons. The van der Waals surface area contributed by atoms with Gasteiger partial charge in [-0.3, -0.25) is 28.8 Å². The number of esters is 6. The molecule has 147 heavy (non-hydrogen) atoms. The highest BCUT2D eigenvalue weighted by Gasteiger charge is 2.29. The molecule has 0 aliphatic heterocycles. The number of carbonyl (C=O) groups is 6. The minimum atomic E-state index is -0.710. The average molecular weight is 1950 g/mol. The first-order valence-electron chi connectivity index (χ1n) is 48.0. The molecule has 0 bridgehead atoms. The number of hydrogen-bond donors (Lipinski definition) is 0. The maximum atomic E-state index is 14.6. The molecule has 0 heterocycles. The molecule has 24 nitrogen and oxygen atoms in total. The Hall–Kier alpha value is -19.1. The number of rotatable bonds is 42. The summed E-state index contributed by atoms with van der Waals surface area (Å²) in [5.41, 5.74) is 17.0. The Morgan fingerprint density at radius 1 is 0.177 bits per heavy atom. The molecule has 0 fully saturated rings. The van der Waals surface area contributed by atoms with Gasteiger partial charge in [0.2, 0.25) is 0 Å². The topological polar surface area (TPSA) is 356 Å². The Morgan fingerprint density at radius 3 is 0.408 bits per heavy atom. The maximum Gasteiger partial charge on any atom is 0.311 e. The third-order valence-corrected chi connectivity index (χ3v) is 24.3. The van der Waals surface area contributed by atoms with Crippen molar-refractivity contribution in [2.24, 2.45) is 0 Å². The monoisotopic (exact) mass is 1940 g/mol. The third-order valence-electron chi connectivity index (χ3n) is 24.3. The lowest BCUT2D eigenvalue weighted by molar-refractivity contribution is -0.137. The second-order valence-electron chi connectivity index (χ2n) is 34.6. The van der Waals surface area contributed by atoms with Crippen molar-refractivity contribution in [3.63, 3.8) is 0 Å². The highest BCUT2D eigenvalue weighted by Crippen LogP contribution is 2.44. The minimum absolute atomic E-state index is 0.0280. The van der Waals surface area contributed by atoms with Gasteiger partial charge in [-0.2, -0.15) is 31.6 Å². The summed E-state index contributed by atoms with van der Waals surface area (Å²) in [7, 11) is 0. The van der Waals surface area contributed by atoms with Crippen molar-refractivity contribution in [3.8, 4) is 172 Å². The smallest absolute Gasteiger partial charge is 0.311 e. The molecule has 1 aliphatic carbocycles. The Bertz CT molecular complexity index is 6330. The lowest BCUT2D eigenvalue weighted by Crippen LogP contribution is -2.15. The maximum absolute atomic E-state index is 14.6. The van der Waals surface area contributed by atoms with Crippen molar-refractivity contribution < 1.29 is 85.6 Å². The van der Waals surface area contributed by atoms with Crippen molar-refractivity contribution in [3.05, 3.63) is 394 Å². The van der Waals surface area contributed by atoms with Gasteiger partial charge in [0.1, 0.15) is 34.5 Å². The van der Waals surface area contributed by atoms with Crippen LogP contribution in [0, 0.1) is 68.0 Å². The SMILES string of the molecule is N#Cc1ccc(-c2ccc(OCCCC(=O)Oc3cc4c(cc3OC(=O)CCCOc3ccc(-c5ccc(C#N)cc5)cc3)Cc3cc(OC(=O)CCCOc5ccc(-c6ccc(C#N)cc6)cc5)c(OC(=O)CCCOc5ccc(-c6ccc(C#N)cc6)cc5)cc3Cc3cc(OC(=O)CCCOc5ccc(-c6ccc(C#N)cc6)cc5)c(OC(=O)CCCOc5ccc(-c6ccc(C#N)cc6)cc5)cc3C4)cc2)cc1. The summed E-state index contributed by atoms with van der Waals surface area (Å²) in [6.07, 6.45) is 0.00257. The fraction of sp³-hybridized carbons (Fsp3) is 0.171. The zero-order chi connectivity index (χ0) is 102. The fourth-order valence-corrected chi connectivity index (χ4v) is 16.4. The molecule has 0 atom stereocenters. The van der Waals surface area contributed by atoms with Crippen LogP contribution < -0.4 is 56.8 Å². The van der Waals surface area contributed by atoms with E-state index in [0.29, 0.717) is 101 Å². The Labute approximate surface area is 850 Å². The molecule has 0 amide bonds. The number of benzene rings is 15. The number of nitrogens with zero attached hydrogens (tertiary/aromatic N) is 6. The van der Waals surface area contributed by atoms with Crippen LogP contribution in [-0.4, -0.2) is 75.5 Å². The van der Waals surface area contributed by atoms with Crippen molar-refractivity contribution in [2.75, 3.05) is 39.6 Å². The van der Waals surface area contributed by atoms with Crippen molar-refractivity contribution in [1.82, 2.24) is 0 Å². The van der Waals surface area contributed by atoms with Gasteiger partial charge in [-0.15, -0.1) is 0 Å². The summed E-state index contributed by atoms with van der Waals surface area (Å²) < 4.78 is 74.9. The molecule has 0 N–H and O–H groups in total. The summed E-state index contributed by atoms with van der Waals surface area (Å²) in [5.74, 6) is -1.85. The molecular weight excluding hydrogens is 1850 g/mol. The predicted molar refractivity (Wildman–Crippen MR) is 549 cm³/mol. The number of hydrogen-bond acceptors (Lipinski definition) is 24. The van der Waals surface area contributed by atoms with Crippen LogP contribution in [0.1, 0.15) is 144 Å². The average Bonchev–Trinajstić information content (AvgIpc) is 1.68. The van der Waals surface area contributed by atoms with Gasteiger partial charge in [0.25, 0.3) is 0 Å². The van der Waals surface area contributed by atoms with E-state index in [-0.39, 0.29) is 170 Å². The van der Waals surface area contributed by atoms with Crippen molar-refractivity contribution in [1.29, 1.82) is 31.6 Å². The summed E-state index contributed by atoms with van der Waals surface area (Å²) in [4.78, 5) is 87.5. The van der Waals surface area contributed by atoms with E-state index in [0.717, 1.165) is 66.8 Å². The first-order valence-corrected chi connectivity index (χ1v) is 48.0. The van der Waals surface area contributed by atoms with E-state index in [1.165, 1.54) is 0 Å². The molecule has 0 saturated heterocycles. The van der Waals surface area contributed by atoms with Crippen LogP contribution in [0.4, 0.5) is 0 Å². The van der Waals surface area contributed by atoms with Crippen molar-refractivity contribution >= 4 is 35.8 Å². The van der Waals surface area contributed by atoms with E-state index < -0.39 is 35.8 Å². The van der Waals surface area contributed by atoms with E-state index in [1.54, 1.807) is 109 Å². The molecule has 0 unspecified atom stereocenters. The van der Waals surface area contributed by atoms with E-state index in [9.17, 15) is 60.3 Å². The number of fused-ring (bicyclic) bond motifs is 3. The molecule has 0 saturated carbocycles. The molecule has 0 aromatic heterocycles. The van der Waals surface area contributed by atoms with Gasteiger partial charge in [-0.05, 0) is 340 Å². The van der Waals surface area contributed by atoms with E-state index in [2.05, 4.69) is 36.4 Å². The molecule has 15 aromatic carbocycles. The molecule has 15 aromatic rings. The van der Waals surface area contributed by atoms with Crippen LogP contribution in [0.2, 0.25) is 0 Å². The zero-order valence-electron chi connectivity index (χ0n) is 80.1. The molecular formula is C123H96N6O18. The fourth-order valence-electron chi connectivity index (χ4n) is 16.4. The first-order chi connectivity index (χ1) is 71.9. The highest BCUT2D eigenvalue weighted by molar-refractivity contribution is 5.81. The van der Waals surface area contributed by atoms with E-state index in [1.807, 2.05) is 218 Å². The van der Waals surface area contributed by atoms with Gasteiger partial charge in [-0.1, -0.05) is 146 Å². The number of carbonyl (C=O) groups excluding carboxylic acids is 6. The van der Waals surface area contributed by atoms with E-state index in [4.69, 9.17) is 56.8 Å². The molecule has 24 heteroatoms. The molecule has 16 rings (SSSR count). The van der Waals surface area contributed by atoms with Crippen LogP contribution in [0.5, 0.6) is 69.0 Å². The first kappa shape index (κ1) is 101. The van der Waals surface area contributed by atoms with Gasteiger partial charge in [-0.25, -0.2) is 0 Å². The molecule has 0 spiro atoms. The second kappa shape index (κ2) is 50.3. The second-order valence-corrected chi connectivity index (χ2v) is 34.6. The largest absolute Gasteiger partial charge is 0.494 e. The lowest BCUT2D eigenvalue weighted by atomic mass is 9.94. The van der Waals surface area contributed by atoms with Crippen LogP contribution >= 0.6 is 0 Å². The Morgan fingerprint density at radius 2 is 0.293 bits per heavy atom. The van der Waals surface area contributed by atoms with Gasteiger partial charge in [0.05, 0.1) is 109 Å². The minimum Gasteiger partial charge on any atom is -0.494 e. The Balaban J connectivity index is 0.723. The van der Waals surface area contributed by atoms with Crippen molar-refractivity contribution in [2.45, 2.75) is 96.3 Å². The van der Waals surface area contributed by atoms with Crippen LogP contribution in [-0.2, 0) is 48.0 Å². The summed E-state index contributed by atoms with van der Waals surface area (Å²) in [6, 6.07) is 110. The van der Waals surface area contributed by atoms with E-state index >= 15 is 0 Å². The quantitative estimate of drug-likeness (QED) is 0.0195. The summed E-state index contributed by atoms with van der Waals surface area (Å²) in [5, 5.41) is 56.3. The summed E-state index contributed by atoms with van der Waals surface area (Å²) in [6.45, 7) is 0.578. The lowest BCUT2D eigenvalue weighted by Gasteiger charge is -2.18. The van der Waals surface area contributed by atoms with Crippen LogP contribution in [0.15, 0.2) is 328 Å². The van der Waals surface area contributed by atoms with Crippen LogP contribution in [0.25, 0.3) is 66.8 Å².